The van der Waals surface area contributed by atoms with Gasteiger partial charge in [0, 0.05) is 19.2 Å². The van der Waals surface area contributed by atoms with Crippen LogP contribution in [0.4, 0.5) is 4.39 Å². The molecule has 112 valence electrons. The Bertz CT molecular complexity index is 945. The molecule has 0 amide bonds. The summed E-state index contributed by atoms with van der Waals surface area (Å²) in [6.45, 7) is 2.25. The number of benzene rings is 1. The second kappa shape index (κ2) is 5.18. The Kier molecular flexibility index (Phi) is 3.32. The van der Waals surface area contributed by atoms with Crippen LogP contribution in [0.15, 0.2) is 39.9 Å². The minimum absolute atomic E-state index is 0.232. The zero-order chi connectivity index (χ0) is 15.9. The molecule has 0 saturated carbocycles. The maximum Gasteiger partial charge on any atom is 0.352 e. The number of hydrogen-bond donors (Lipinski definition) is 0. The van der Waals surface area contributed by atoms with Gasteiger partial charge in [0.2, 0.25) is 0 Å². The third-order valence-corrected chi connectivity index (χ3v) is 3.44. The molecule has 0 saturated heterocycles. The smallest absolute Gasteiger partial charge is 0.268 e. The highest BCUT2D eigenvalue weighted by atomic mass is 19.1. The van der Waals surface area contributed by atoms with Crippen molar-refractivity contribution in [2.45, 2.75) is 13.5 Å². The van der Waals surface area contributed by atoms with Crippen LogP contribution >= 0.6 is 0 Å². The fraction of sp³-hybridized carbons (Fsp3) is 0.200. The van der Waals surface area contributed by atoms with E-state index in [2.05, 4.69) is 10.1 Å². The second-order valence-electron chi connectivity index (χ2n) is 4.85. The van der Waals surface area contributed by atoms with Crippen molar-refractivity contribution in [3.8, 4) is 22.6 Å². The molecule has 2 heterocycles. The Morgan fingerprint density at radius 1 is 1.23 bits per heavy atom. The first-order valence-electron chi connectivity index (χ1n) is 6.76. The van der Waals surface area contributed by atoms with Crippen molar-refractivity contribution in [1.29, 1.82) is 0 Å². The van der Waals surface area contributed by atoms with E-state index < -0.39 is 11.2 Å². The molecule has 0 aliphatic carbocycles. The summed E-state index contributed by atoms with van der Waals surface area (Å²) in [4.78, 5) is 27.9. The average Bonchev–Trinajstić information content (AvgIpc) is 2.52. The normalized spacial score (nSPS) is 11.0. The summed E-state index contributed by atoms with van der Waals surface area (Å²) >= 11 is 0. The van der Waals surface area contributed by atoms with E-state index in [9.17, 15) is 14.0 Å². The van der Waals surface area contributed by atoms with E-state index in [0.717, 1.165) is 4.57 Å². The average molecular weight is 300 g/mol. The van der Waals surface area contributed by atoms with Crippen LogP contribution < -0.4 is 11.2 Å². The Morgan fingerprint density at radius 2 is 2.00 bits per heavy atom. The molecule has 0 spiro atoms. The number of rotatable bonds is 2. The molecule has 6 nitrogen and oxygen atoms in total. The fourth-order valence-electron chi connectivity index (χ4n) is 2.26. The molecule has 0 fully saturated rings. The summed E-state index contributed by atoms with van der Waals surface area (Å²) in [5, 5.41) is 4.34. The minimum atomic E-state index is -0.625. The van der Waals surface area contributed by atoms with Crippen LogP contribution in [-0.4, -0.2) is 19.3 Å². The Hall–Kier alpha value is -2.83. The standard InChI is InChI=1S/C15H13FN4O2/c1-3-20-13-11(14(21)19(2)15(22)17-13)8-12(18-20)9-5-4-6-10(16)7-9/h4-8H,3H2,1-2H3. The van der Waals surface area contributed by atoms with Gasteiger partial charge in [-0.3, -0.25) is 9.36 Å². The van der Waals surface area contributed by atoms with E-state index in [1.165, 1.54) is 29.9 Å². The summed E-state index contributed by atoms with van der Waals surface area (Å²) in [7, 11) is 1.37. The molecule has 3 rings (SSSR count). The molecule has 22 heavy (non-hydrogen) atoms. The monoisotopic (exact) mass is 300 g/mol. The highest BCUT2D eigenvalue weighted by molar-refractivity contribution is 5.66. The first kappa shape index (κ1) is 14.1. The maximum atomic E-state index is 13.4. The molecule has 2 aliphatic heterocycles. The van der Waals surface area contributed by atoms with Crippen molar-refractivity contribution in [3.05, 3.63) is 57.0 Å². The van der Waals surface area contributed by atoms with Gasteiger partial charge < -0.3 is 0 Å². The lowest BCUT2D eigenvalue weighted by Crippen LogP contribution is -2.36. The van der Waals surface area contributed by atoms with Crippen molar-refractivity contribution in [1.82, 2.24) is 19.3 Å². The van der Waals surface area contributed by atoms with E-state index in [0.29, 0.717) is 17.8 Å². The van der Waals surface area contributed by atoms with Crippen molar-refractivity contribution in [3.63, 3.8) is 0 Å². The van der Waals surface area contributed by atoms with Crippen LogP contribution in [0.1, 0.15) is 6.92 Å². The third kappa shape index (κ3) is 2.20. The first-order valence-corrected chi connectivity index (χ1v) is 6.76. The van der Waals surface area contributed by atoms with Gasteiger partial charge in [-0.1, -0.05) is 12.1 Å². The highest BCUT2D eigenvalue weighted by Crippen LogP contribution is 2.22. The predicted octanol–water partition coefficient (Wildman–Crippen LogP) is 1.27. The Labute approximate surface area is 124 Å². The first-order chi connectivity index (χ1) is 10.5. The van der Waals surface area contributed by atoms with E-state index in [4.69, 9.17) is 0 Å². The molecular weight excluding hydrogens is 287 g/mol. The van der Waals surface area contributed by atoms with Crippen LogP contribution in [0.3, 0.4) is 0 Å². The molecule has 2 aliphatic rings. The molecule has 0 N–H and O–H groups in total. The van der Waals surface area contributed by atoms with Gasteiger partial charge in [-0.25, -0.2) is 13.9 Å². The summed E-state index contributed by atoms with van der Waals surface area (Å²) < 4.78 is 15.8. The summed E-state index contributed by atoms with van der Waals surface area (Å²) in [5.41, 5.74) is 0.208. The second-order valence-corrected chi connectivity index (χ2v) is 4.85. The molecule has 0 bridgehead atoms. The van der Waals surface area contributed by atoms with Gasteiger partial charge in [-0.15, -0.1) is 0 Å². The summed E-state index contributed by atoms with van der Waals surface area (Å²) in [6, 6.07) is 7.49. The maximum absolute atomic E-state index is 13.4. The van der Waals surface area contributed by atoms with Gasteiger partial charge in [0.1, 0.15) is 5.82 Å². The van der Waals surface area contributed by atoms with Crippen LogP contribution in [0, 0.1) is 5.82 Å². The number of aryl methyl sites for hydroxylation is 1. The minimum Gasteiger partial charge on any atom is -0.268 e. The van der Waals surface area contributed by atoms with Crippen molar-refractivity contribution < 1.29 is 4.39 Å². The van der Waals surface area contributed by atoms with Crippen molar-refractivity contribution in [2.24, 2.45) is 7.05 Å². The Morgan fingerprint density at radius 3 is 2.68 bits per heavy atom. The van der Waals surface area contributed by atoms with Gasteiger partial charge in [0.15, 0.2) is 5.82 Å². The summed E-state index contributed by atoms with van der Waals surface area (Å²) in [6.07, 6.45) is 0. The lowest BCUT2D eigenvalue weighted by molar-refractivity contribution is 0.621. The zero-order valence-electron chi connectivity index (χ0n) is 12.1. The SMILES string of the molecule is CCn1nc(-c2cccc(F)c2)cc2c(=O)n(C)c(=O)nc1-2. The van der Waals surface area contributed by atoms with Crippen molar-refractivity contribution in [2.75, 3.05) is 0 Å². The van der Waals surface area contributed by atoms with Gasteiger partial charge in [-0.2, -0.15) is 10.1 Å². The molecule has 0 radical (unpaired) electrons. The summed E-state index contributed by atoms with van der Waals surface area (Å²) in [5.74, 6) is -0.154. The van der Waals surface area contributed by atoms with E-state index in [-0.39, 0.29) is 17.2 Å². The molecule has 1 aromatic rings. The number of nitrogens with zero attached hydrogens (tertiary/aromatic N) is 4. The highest BCUT2D eigenvalue weighted by Gasteiger charge is 2.18. The van der Waals surface area contributed by atoms with Gasteiger partial charge in [-0.05, 0) is 25.1 Å². The number of aromatic nitrogens is 4. The topological polar surface area (TPSA) is 69.8 Å². The number of hydrogen-bond acceptors (Lipinski definition) is 4. The molecule has 1 aromatic carbocycles. The number of halogens is 1. The van der Waals surface area contributed by atoms with E-state index in [1.807, 2.05) is 6.92 Å². The molecule has 0 atom stereocenters. The van der Waals surface area contributed by atoms with Gasteiger partial charge >= 0.3 is 5.69 Å². The Balaban J connectivity index is 2.38. The van der Waals surface area contributed by atoms with Crippen LogP contribution in [0.25, 0.3) is 22.6 Å². The largest absolute Gasteiger partial charge is 0.352 e. The van der Waals surface area contributed by atoms with Gasteiger partial charge in [0.25, 0.3) is 5.56 Å². The van der Waals surface area contributed by atoms with E-state index in [1.54, 1.807) is 12.1 Å². The van der Waals surface area contributed by atoms with E-state index >= 15 is 0 Å². The molecule has 0 aromatic heterocycles. The number of fused-ring (bicyclic) bond motifs is 1. The zero-order valence-corrected chi connectivity index (χ0v) is 12.1. The lowest BCUT2D eigenvalue weighted by Gasteiger charge is -2.14. The predicted molar refractivity (Wildman–Crippen MR) is 79.2 cm³/mol. The van der Waals surface area contributed by atoms with Gasteiger partial charge in [0.05, 0.1) is 11.3 Å². The van der Waals surface area contributed by atoms with Crippen molar-refractivity contribution >= 4 is 0 Å². The fourth-order valence-corrected chi connectivity index (χ4v) is 2.26. The molecular formula is C15H13FN4O2. The van der Waals surface area contributed by atoms with Crippen LogP contribution in [0.2, 0.25) is 0 Å². The lowest BCUT2D eigenvalue weighted by atomic mass is 10.1. The third-order valence-electron chi connectivity index (χ3n) is 3.44. The quantitative estimate of drug-likeness (QED) is 0.714. The molecule has 7 heteroatoms. The molecule has 0 unspecified atom stereocenters. The van der Waals surface area contributed by atoms with Crippen LogP contribution in [0.5, 0.6) is 0 Å². The van der Waals surface area contributed by atoms with Crippen LogP contribution in [-0.2, 0) is 13.6 Å².